The molecule has 1 aliphatic heterocycles. The molecule has 0 amide bonds. The number of nitrogens with zero attached hydrogens (tertiary/aromatic N) is 1. The van der Waals surface area contributed by atoms with Gasteiger partial charge in [-0.05, 0) is 55.2 Å². The number of anilines is 1. The Hall–Kier alpha value is -0.610. The Morgan fingerprint density at radius 2 is 1.88 bits per heavy atom. The maximum atomic E-state index is 5.43. The van der Waals surface area contributed by atoms with E-state index in [9.17, 15) is 0 Å². The molecule has 1 aromatic carbocycles. The van der Waals surface area contributed by atoms with E-state index in [0.717, 1.165) is 34.3 Å². The van der Waals surface area contributed by atoms with Gasteiger partial charge in [-0.3, -0.25) is 0 Å². The van der Waals surface area contributed by atoms with Crippen molar-refractivity contribution in [1.29, 1.82) is 0 Å². The largest absolute Gasteiger partial charge is 0.349 e. The Kier molecular flexibility index (Phi) is 4.40. The molecule has 1 N–H and O–H groups in total. The molecule has 1 heterocycles. The molecule has 0 bridgehead atoms. The normalized spacial score (nSPS) is 16.9. The summed E-state index contributed by atoms with van der Waals surface area (Å²) in [6.07, 6.45) is 2.48. The van der Waals surface area contributed by atoms with Crippen molar-refractivity contribution in [1.82, 2.24) is 4.90 Å². The molecule has 1 saturated heterocycles. The van der Waals surface area contributed by atoms with Crippen LogP contribution in [-0.2, 0) is 0 Å². The topological polar surface area (TPSA) is 15.3 Å². The number of halogens is 1. The zero-order valence-electron chi connectivity index (χ0n) is 9.95. The summed E-state index contributed by atoms with van der Waals surface area (Å²) in [5.74, 6) is 0.835. The second kappa shape index (κ2) is 5.83. The zero-order chi connectivity index (χ0) is 12.3. The zero-order valence-corrected chi connectivity index (χ0v) is 12.4. The van der Waals surface area contributed by atoms with Crippen LogP contribution in [0.3, 0.4) is 0 Å². The minimum absolute atomic E-state index is 0.835. The predicted molar refractivity (Wildman–Crippen MR) is 80.3 cm³/mol. The van der Waals surface area contributed by atoms with Gasteiger partial charge in [-0.1, -0.05) is 22.9 Å². The van der Waals surface area contributed by atoms with Crippen molar-refractivity contribution >= 4 is 38.9 Å². The van der Waals surface area contributed by atoms with Gasteiger partial charge in [0.05, 0.1) is 0 Å². The monoisotopic (exact) mass is 312 g/mol. The van der Waals surface area contributed by atoms with E-state index in [2.05, 4.69) is 33.1 Å². The lowest BCUT2D eigenvalue weighted by Gasteiger charge is -2.32. The van der Waals surface area contributed by atoms with E-state index in [1.807, 2.05) is 24.3 Å². The second-order valence-corrected chi connectivity index (χ2v) is 5.91. The predicted octanol–water partition coefficient (Wildman–Crippen LogP) is 3.88. The van der Waals surface area contributed by atoms with Crippen molar-refractivity contribution in [2.24, 2.45) is 5.92 Å². The molecule has 0 aromatic heterocycles. The molecule has 17 heavy (non-hydrogen) atoms. The molecule has 0 spiro atoms. The highest BCUT2D eigenvalue weighted by Gasteiger charge is 2.17. The van der Waals surface area contributed by atoms with E-state index in [-0.39, 0.29) is 0 Å². The number of piperidine rings is 1. The number of benzene rings is 1. The molecule has 4 heteroatoms. The highest BCUT2D eigenvalue weighted by Crippen LogP contribution is 2.18. The van der Waals surface area contributed by atoms with E-state index in [1.54, 1.807) is 0 Å². The second-order valence-electron chi connectivity index (χ2n) is 4.61. The van der Waals surface area contributed by atoms with Gasteiger partial charge in [0, 0.05) is 23.2 Å². The van der Waals surface area contributed by atoms with Crippen LogP contribution in [0.1, 0.15) is 19.8 Å². The van der Waals surface area contributed by atoms with Gasteiger partial charge in [0.15, 0.2) is 5.11 Å². The number of thiocarbonyl (C=S) groups is 1. The lowest BCUT2D eigenvalue weighted by atomic mass is 10.00. The van der Waals surface area contributed by atoms with Gasteiger partial charge < -0.3 is 10.2 Å². The van der Waals surface area contributed by atoms with Gasteiger partial charge in [-0.15, -0.1) is 0 Å². The molecule has 92 valence electrons. The molecule has 0 atom stereocenters. The molecule has 2 nitrogen and oxygen atoms in total. The Morgan fingerprint density at radius 1 is 1.29 bits per heavy atom. The first-order chi connectivity index (χ1) is 8.15. The van der Waals surface area contributed by atoms with Crippen LogP contribution in [0.2, 0.25) is 0 Å². The smallest absolute Gasteiger partial charge is 0.173 e. The maximum Gasteiger partial charge on any atom is 0.173 e. The van der Waals surface area contributed by atoms with Gasteiger partial charge in [-0.2, -0.15) is 0 Å². The molecule has 1 fully saturated rings. The van der Waals surface area contributed by atoms with Crippen molar-refractivity contribution in [3.8, 4) is 0 Å². The van der Waals surface area contributed by atoms with Gasteiger partial charge in [0.25, 0.3) is 0 Å². The van der Waals surface area contributed by atoms with Crippen molar-refractivity contribution in [2.75, 3.05) is 18.4 Å². The third kappa shape index (κ3) is 3.68. The molecule has 2 rings (SSSR count). The summed E-state index contributed by atoms with van der Waals surface area (Å²) in [6, 6.07) is 8.10. The summed E-state index contributed by atoms with van der Waals surface area (Å²) in [7, 11) is 0. The third-order valence-electron chi connectivity index (χ3n) is 3.17. The van der Waals surface area contributed by atoms with Crippen LogP contribution in [0.25, 0.3) is 0 Å². The van der Waals surface area contributed by atoms with Crippen LogP contribution >= 0.6 is 28.1 Å². The number of likely N-dealkylation sites (tertiary alicyclic amines) is 1. The maximum absolute atomic E-state index is 5.43. The van der Waals surface area contributed by atoms with Crippen molar-refractivity contribution < 1.29 is 0 Å². The molecule has 0 radical (unpaired) electrons. The number of nitrogens with one attached hydrogen (secondary N) is 1. The summed E-state index contributed by atoms with van der Waals surface area (Å²) in [5, 5.41) is 4.14. The average molecular weight is 313 g/mol. The van der Waals surface area contributed by atoms with Crippen LogP contribution in [0.15, 0.2) is 28.7 Å². The standard InChI is InChI=1S/C13H17BrN2S/c1-10-6-8-16(9-7-10)13(17)15-12-4-2-11(14)3-5-12/h2-5,10H,6-9H2,1H3,(H,15,17). The van der Waals surface area contributed by atoms with Crippen molar-refractivity contribution in [3.05, 3.63) is 28.7 Å². The van der Waals surface area contributed by atoms with Crippen LogP contribution in [0.4, 0.5) is 5.69 Å². The lowest BCUT2D eigenvalue weighted by Crippen LogP contribution is -2.40. The summed E-state index contributed by atoms with van der Waals surface area (Å²) >= 11 is 8.85. The fourth-order valence-corrected chi connectivity index (χ4v) is 2.51. The molecule has 1 aromatic rings. The minimum Gasteiger partial charge on any atom is -0.349 e. The molecular formula is C13H17BrN2S. The fourth-order valence-electron chi connectivity index (χ4n) is 1.95. The fraction of sp³-hybridized carbons (Fsp3) is 0.462. The molecule has 0 aliphatic carbocycles. The Balaban J connectivity index is 1.90. The van der Waals surface area contributed by atoms with E-state index in [0.29, 0.717) is 0 Å². The number of rotatable bonds is 1. The molecule has 0 saturated carbocycles. The van der Waals surface area contributed by atoms with E-state index in [4.69, 9.17) is 12.2 Å². The Morgan fingerprint density at radius 3 is 2.47 bits per heavy atom. The van der Waals surface area contributed by atoms with Gasteiger partial charge >= 0.3 is 0 Å². The molecular weight excluding hydrogens is 296 g/mol. The Bertz CT molecular complexity index is 383. The van der Waals surface area contributed by atoms with Crippen LogP contribution in [0, 0.1) is 5.92 Å². The van der Waals surface area contributed by atoms with Gasteiger partial charge in [0.1, 0.15) is 0 Å². The first-order valence-corrected chi connectivity index (χ1v) is 7.17. The average Bonchev–Trinajstić information content (AvgIpc) is 2.33. The summed E-state index contributed by atoms with van der Waals surface area (Å²) < 4.78 is 1.08. The van der Waals surface area contributed by atoms with E-state index < -0.39 is 0 Å². The molecule has 0 unspecified atom stereocenters. The molecule has 1 aliphatic rings. The first kappa shape index (κ1) is 12.8. The SMILES string of the molecule is CC1CCN(C(=S)Nc2ccc(Br)cc2)CC1. The lowest BCUT2D eigenvalue weighted by molar-refractivity contribution is 0.283. The van der Waals surface area contributed by atoms with E-state index >= 15 is 0 Å². The van der Waals surface area contributed by atoms with Crippen LogP contribution in [0.5, 0.6) is 0 Å². The summed E-state index contributed by atoms with van der Waals surface area (Å²) in [6.45, 7) is 4.45. The first-order valence-electron chi connectivity index (χ1n) is 5.96. The van der Waals surface area contributed by atoms with Crippen LogP contribution in [-0.4, -0.2) is 23.1 Å². The highest BCUT2D eigenvalue weighted by molar-refractivity contribution is 9.10. The van der Waals surface area contributed by atoms with Crippen LogP contribution < -0.4 is 5.32 Å². The third-order valence-corrected chi connectivity index (χ3v) is 4.06. The minimum atomic E-state index is 0.835. The highest BCUT2D eigenvalue weighted by atomic mass is 79.9. The van der Waals surface area contributed by atoms with E-state index in [1.165, 1.54) is 12.8 Å². The van der Waals surface area contributed by atoms with Gasteiger partial charge in [0.2, 0.25) is 0 Å². The quantitative estimate of drug-likeness (QED) is 0.792. The van der Waals surface area contributed by atoms with Crippen molar-refractivity contribution in [2.45, 2.75) is 19.8 Å². The number of hydrogen-bond donors (Lipinski definition) is 1. The summed E-state index contributed by atoms with van der Waals surface area (Å²) in [5.41, 5.74) is 1.05. The number of hydrogen-bond acceptors (Lipinski definition) is 1. The van der Waals surface area contributed by atoms with Crippen molar-refractivity contribution in [3.63, 3.8) is 0 Å². The Labute approximate surface area is 117 Å². The summed E-state index contributed by atoms with van der Waals surface area (Å²) in [4.78, 5) is 2.26. The van der Waals surface area contributed by atoms with Gasteiger partial charge in [-0.25, -0.2) is 0 Å².